The minimum atomic E-state index is -1.10. The SMILES string of the molecule is CC(C)Oc1ccc2nc(C(=O)O)cc(Cl)c2c1. The Balaban J connectivity index is 2.54. The van der Waals surface area contributed by atoms with Crippen LogP contribution in [0.15, 0.2) is 24.3 Å². The molecule has 0 bridgehead atoms. The maximum atomic E-state index is 10.9. The predicted octanol–water partition coefficient (Wildman–Crippen LogP) is 3.37. The van der Waals surface area contributed by atoms with E-state index in [-0.39, 0.29) is 11.8 Å². The van der Waals surface area contributed by atoms with Gasteiger partial charge >= 0.3 is 5.97 Å². The Morgan fingerprint density at radius 3 is 2.72 bits per heavy atom. The van der Waals surface area contributed by atoms with Crippen LogP contribution in [-0.2, 0) is 0 Å². The van der Waals surface area contributed by atoms with E-state index in [9.17, 15) is 4.79 Å². The molecule has 0 saturated carbocycles. The molecule has 0 fully saturated rings. The number of halogens is 1. The number of carbonyl (C=O) groups is 1. The zero-order valence-corrected chi connectivity index (χ0v) is 10.7. The molecule has 1 N–H and O–H groups in total. The maximum absolute atomic E-state index is 10.9. The maximum Gasteiger partial charge on any atom is 0.354 e. The summed E-state index contributed by atoms with van der Waals surface area (Å²) in [4.78, 5) is 14.9. The minimum Gasteiger partial charge on any atom is -0.491 e. The minimum absolute atomic E-state index is 0.0625. The molecule has 18 heavy (non-hydrogen) atoms. The lowest BCUT2D eigenvalue weighted by molar-refractivity contribution is 0.0691. The molecule has 1 aromatic carbocycles. The van der Waals surface area contributed by atoms with E-state index in [2.05, 4.69) is 4.98 Å². The van der Waals surface area contributed by atoms with Crippen molar-refractivity contribution in [3.63, 3.8) is 0 Å². The Hall–Kier alpha value is -1.81. The van der Waals surface area contributed by atoms with Gasteiger partial charge in [-0.3, -0.25) is 0 Å². The Morgan fingerprint density at radius 2 is 2.11 bits per heavy atom. The van der Waals surface area contributed by atoms with Crippen LogP contribution in [0.2, 0.25) is 5.02 Å². The van der Waals surface area contributed by atoms with Gasteiger partial charge < -0.3 is 9.84 Å². The third-order valence-corrected chi connectivity index (χ3v) is 2.63. The molecule has 0 saturated heterocycles. The number of rotatable bonds is 3. The summed E-state index contributed by atoms with van der Waals surface area (Å²) in [6.07, 6.45) is 0.0625. The van der Waals surface area contributed by atoms with Crippen LogP contribution in [0.25, 0.3) is 10.9 Å². The summed E-state index contributed by atoms with van der Waals surface area (Å²) in [6.45, 7) is 3.86. The summed E-state index contributed by atoms with van der Waals surface area (Å²) in [5.74, 6) is -0.411. The van der Waals surface area contributed by atoms with E-state index in [1.54, 1.807) is 18.2 Å². The Kier molecular flexibility index (Phi) is 3.39. The topological polar surface area (TPSA) is 59.4 Å². The van der Waals surface area contributed by atoms with Crippen molar-refractivity contribution in [3.8, 4) is 5.75 Å². The lowest BCUT2D eigenvalue weighted by atomic mass is 10.2. The van der Waals surface area contributed by atoms with Gasteiger partial charge in [-0.1, -0.05) is 11.6 Å². The van der Waals surface area contributed by atoms with E-state index in [0.29, 0.717) is 21.7 Å². The summed E-state index contributed by atoms with van der Waals surface area (Å²) in [7, 11) is 0. The monoisotopic (exact) mass is 265 g/mol. The molecular formula is C13H12ClNO3. The summed E-state index contributed by atoms with van der Waals surface area (Å²) < 4.78 is 5.55. The Morgan fingerprint density at radius 1 is 1.39 bits per heavy atom. The molecule has 2 rings (SSSR count). The molecule has 0 spiro atoms. The first-order valence-corrected chi connectivity index (χ1v) is 5.85. The van der Waals surface area contributed by atoms with Crippen molar-refractivity contribution < 1.29 is 14.6 Å². The van der Waals surface area contributed by atoms with Crippen molar-refractivity contribution in [2.75, 3.05) is 0 Å². The number of hydrogen-bond donors (Lipinski definition) is 1. The third kappa shape index (κ3) is 2.54. The predicted molar refractivity (Wildman–Crippen MR) is 69.5 cm³/mol. The van der Waals surface area contributed by atoms with Crippen molar-refractivity contribution in [1.82, 2.24) is 4.98 Å². The van der Waals surface area contributed by atoms with Gasteiger partial charge in [0.1, 0.15) is 11.4 Å². The molecule has 2 aromatic rings. The summed E-state index contributed by atoms with van der Waals surface area (Å²) >= 11 is 6.06. The summed E-state index contributed by atoms with van der Waals surface area (Å²) in [6, 6.07) is 6.55. The van der Waals surface area contributed by atoms with Gasteiger partial charge in [0.15, 0.2) is 0 Å². The van der Waals surface area contributed by atoms with Crippen molar-refractivity contribution >= 4 is 28.5 Å². The van der Waals surface area contributed by atoms with Gasteiger partial charge in [-0.25, -0.2) is 9.78 Å². The van der Waals surface area contributed by atoms with Crippen LogP contribution < -0.4 is 4.74 Å². The van der Waals surface area contributed by atoms with Crippen LogP contribution in [0.4, 0.5) is 0 Å². The van der Waals surface area contributed by atoms with E-state index < -0.39 is 5.97 Å². The fraction of sp³-hybridized carbons (Fsp3) is 0.231. The van der Waals surface area contributed by atoms with Gasteiger partial charge in [0, 0.05) is 5.39 Å². The summed E-state index contributed by atoms with van der Waals surface area (Å²) in [5.41, 5.74) is 0.473. The quantitative estimate of drug-likeness (QED) is 0.924. The second-order valence-electron chi connectivity index (χ2n) is 4.14. The van der Waals surface area contributed by atoms with Crippen molar-refractivity contribution in [1.29, 1.82) is 0 Å². The van der Waals surface area contributed by atoms with Gasteiger partial charge in [0.2, 0.25) is 0 Å². The lowest BCUT2D eigenvalue weighted by Gasteiger charge is -2.10. The molecule has 0 unspecified atom stereocenters. The molecule has 0 radical (unpaired) electrons. The number of nitrogens with zero attached hydrogens (tertiary/aromatic N) is 1. The largest absolute Gasteiger partial charge is 0.491 e. The van der Waals surface area contributed by atoms with Gasteiger partial charge in [0.05, 0.1) is 16.6 Å². The van der Waals surface area contributed by atoms with Gasteiger partial charge in [-0.05, 0) is 38.1 Å². The average Bonchev–Trinajstić information content (AvgIpc) is 2.28. The Bertz CT molecular complexity index is 610. The zero-order chi connectivity index (χ0) is 13.3. The number of pyridine rings is 1. The number of fused-ring (bicyclic) bond motifs is 1. The standard InChI is InChI=1S/C13H12ClNO3/c1-7(2)18-8-3-4-11-9(5-8)10(14)6-12(15-11)13(16)17/h3-7H,1-2H3,(H,16,17). The average molecular weight is 266 g/mol. The highest BCUT2D eigenvalue weighted by molar-refractivity contribution is 6.35. The zero-order valence-electron chi connectivity index (χ0n) is 9.98. The van der Waals surface area contributed by atoms with Crippen LogP contribution in [-0.4, -0.2) is 22.2 Å². The highest BCUT2D eigenvalue weighted by atomic mass is 35.5. The number of carboxylic acid groups (broad SMARTS) is 1. The molecule has 0 atom stereocenters. The van der Waals surface area contributed by atoms with Gasteiger partial charge in [0.25, 0.3) is 0 Å². The first-order chi connectivity index (χ1) is 8.47. The first-order valence-electron chi connectivity index (χ1n) is 5.47. The first kappa shape index (κ1) is 12.6. The van der Waals surface area contributed by atoms with E-state index in [0.717, 1.165) is 0 Å². The fourth-order valence-electron chi connectivity index (χ4n) is 1.62. The summed E-state index contributed by atoms with van der Waals surface area (Å²) in [5, 5.41) is 9.93. The molecule has 1 heterocycles. The lowest BCUT2D eigenvalue weighted by Crippen LogP contribution is -2.05. The van der Waals surface area contributed by atoms with E-state index in [1.165, 1.54) is 6.07 Å². The normalized spacial score (nSPS) is 10.9. The number of carboxylic acids is 1. The smallest absolute Gasteiger partial charge is 0.354 e. The molecule has 0 amide bonds. The number of ether oxygens (including phenoxy) is 1. The van der Waals surface area contributed by atoms with E-state index in [4.69, 9.17) is 21.4 Å². The van der Waals surface area contributed by atoms with Crippen LogP contribution in [0.3, 0.4) is 0 Å². The number of aromatic carboxylic acids is 1. The molecule has 5 heteroatoms. The van der Waals surface area contributed by atoms with Gasteiger partial charge in [-0.15, -0.1) is 0 Å². The van der Waals surface area contributed by atoms with Gasteiger partial charge in [-0.2, -0.15) is 0 Å². The second kappa shape index (κ2) is 4.82. The van der Waals surface area contributed by atoms with E-state index >= 15 is 0 Å². The highest BCUT2D eigenvalue weighted by Crippen LogP contribution is 2.27. The second-order valence-corrected chi connectivity index (χ2v) is 4.55. The molecule has 94 valence electrons. The Labute approximate surface area is 109 Å². The molecular weight excluding hydrogens is 254 g/mol. The number of hydrogen-bond acceptors (Lipinski definition) is 3. The van der Waals surface area contributed by atoms with Crippen LogP contribution >= 0.6 is 11.6 Å². The van der Waals surface area contributed by atoms with Crippen LogP contribution in [0, 0.1) is 0 Å². The molecule has 4 nitrogen and oxygen atoms in total. The third-order valence-electron chi connectivity index (χ3n) is 2.32. The number of benzene rings is 1. The van der Waals surface area contributed by atoms with Crippen LogP contribution in [0.1, 0.15) is 24.3 Å². The number of aromatic nitrogens is 1. The molecule has 0 aliphatic rings. The van der Waals surface area contributed by atoms with Crippen molar-refractivity contribution in [3.05, 3.63) is 35.0 Å². The molecule has 0 aliphatic heterocycles. The van der Waals surface area contributed by atoms with Crippen LogP contribution in [0.5, 0.6) is 5.75 Å². The van der Waals surface area contributed by atoms with Crippen molar-refractivity contribution in [2.45, 2.75) is 20.0 Å². The highest BCUT2D eigenvalue weighted by Gasteiger charge is 2.10. The fourth-order valence-corrected chi connectivity index (χ4v) is 1.87. The van der Waals surface area contributed by atoms with E-state index in [1.807, 2.05) is 13.8 Å². The molecule has 0 aliphatic carbocycles. The molecule has 1 aromatic heterocycles. The van der Waals surface area contributed by atoms with Crippen molar-refractivity contribution in [2.24, 2.45) is 0 Å².